The Balaban J connectivity index is 2.22. The molecule has 2 heterocycles. The van der Waals surface area contributed by atoms with Crippen molar-refractivity contribution in [2.45, 2.75) is 26.3 Å². The minimum atomic E-state index is 0.334. The first-order chi connectivity index (χ1) is 8.22. The summed E-state index contributed by atoms with van der Waals surface area (Å²) in [5, 5.41) is 5.60. The van der Waals surface area contributed by atoms with Crippen molar-refractivity contribution < 1.29 is 0 Å². The SMILES string of the molecule is CCC(Nc1nccc(C)c1Br)c1cccs1. The lowest BCUT2D eigenvalue weighted by Crippen LogP contribution is -2.10. The fraction of sp³-hybridized carbons (Fsp3) is 0.308. The second-order valence-electron chi connectivity index (χ2n) is 3.91. The standard InChI is InChI=1S/C13H15BrN2S/c1-3-10(11-5-4-8-17-11)16-13-12(14)9(2)6-7-15-13/h4-8,10H,3H2,1-2H3,(H,15,16). The third kappa shape index (κ3) is 2.87. The van der Waals surface area contributed by atoms with Gasteiger partial charge in [-0.1, -0.05) is 13.0 Å². The summed E-state index contributed by atoms with van der Waals surface area (Å²) in [4.78, 5) is 5.73. The lowest BCUT2D eigenvalue weighted by Gasteiger charge is -2.17. The second kappa shape index (κ2) is 5.65. The van der Waals surface area contributed by atoms with Gasteiger partial charge in [0.05, 0.1) is 10.5 Å². The minimum absolute atomic E-state index is 0.334. The van der Waals surface area contributed by atoms with Gasteiger partial charge in [-0.05, 0) is 52.4 Å². The number of rotatable bonds is 4. The monoisotopic (exact) mass is 310 g/mol. The summed E-state index contributed by atoms with van der Waals surface area (Å²) in [6, 6.07) is 6.58. The Hall–Kier alpha value is -0.870. The van der Waals surface area contributed by atoms with Gasteiger partial charge in [-0.15, -0.1) is 11.3 Å². The molecule has 1 unspecified atom stereocenters. The summed E-state index contributed by atoms with van der Waals surface area (Å²) in [6.45, 7) is 4.25. The molecule has 0 saturated heterocycles. The van der Waals surface area contributed by atoms with Gasteiger partial charge in [-0.25, -0.2) is 4.98 Å². The van der Waals surface area contributed by atoms with Crippen molar-refractivity contribution in [2.75, 3.05) is 5.32 Å². The van der Waals surface area contributed by atoms with Gasteiger partial charge in [0.1, 0.15) is 5.82 Å². The maximum Gasteiger partial charge on any atom is 0.141 e. The first-order valence-electron chi connectivity index (χ1n) is 5.63. The van der Waals surface area contributed by atoms with Crippen LogP contribution >= 0.6 is 27.3 Å². The summed E-state index contributed by atoms with van der Waals surface area (Å²) in [5.41, 5.74) is 1.20. The molecule has 0 aliphatic heterocycles. The molecule has 2 aromatic rings. The number of pyridine rings is 1. The third-order valence-electron chi connectivity index (χ3n) is 2.69. The summed E-state index contributed by atoms with van der Waals surface area (Å²) in [5.74, 6) is 0.922. The molecule has 0 saturated carbocycles. The molecule has 0 aromatic carbocycles. The number of hydrogen-bond acceptors (Lipinski definition) is 3. The molecule has 1 atom stereocenters. The van der Waals surface area contributed by atoms with E-state index in [1.54, 1.807) is 11.3 Å². The maximum atomic E-state index is 4.38. The van der Waals surface area contributed by atoms with Gasteiger partial charge in [0, 0.05) is 11.1 Å². The van der Waals surface area contributed by atoms with E-state index in [1.165, 1.54) is 10.4 Å². The largest absolute Gasteiger partial charge is 0.362 e. The van der Waals surface area contributed by atoms with Gasteiger partial charge in [-0.2, -0.15) is 0 Å². The van der Waals surface area contributed by atoms with Crippen LogP contribution in [0.15, 0.2) is 34.2 Å². The molecule has 0 spiro atoms. The van der Waals surface area contributed by atoms with E-state index in [4.69, 9.17) is 0 Å². The Morgan fingerprint density at radius 2 is 2.29 bits per heavy atom. The van der Waals surface area contributed by atoms with Crippen LogP contribution in [0.2, 0.25) is 0 Å². The van der Waals surface area contributed by atoms with Crippen LogP contribution in [0.3, 0.4) is 0 Å². The van der Waals surface area contributed by atoms with E-state index in [-0.39, 0.29) is 0 Å². The van der Waals surface area contributed by atoms with Gasteiger partial charge in [0.25, 0.3) is 0 Å². The predicted octanol–water partition coefficient (Wildman–Crippen LogP) is 4.78. The Bertz CT molecular complexity index is 482. The summed E-state index contributed by atoms with van der Waals surface area (Å²) >= 11 is 5.36. The van der Waals surface area contributed by atoms with E-state index in [1.807, 2.05) is 12.3 Å². The van der Waals surface area contributed by atoms with E-state index < -0.39 is 0 Å². The van der Waals surface area contributed by atoms with Crippen molar-refractivity contribution in [3.8, 4) is 0 Å². The lowest BCUT2D eigenvalue weighted by atomic mass is 10.2. The molecule has 0 bridgehead atoms. The number of hydrogen-bond donors (Lipinski definition) is 1. The average Bonchev–Trinajstić information content (AvgIpc) is 2.85. The molecule has 0 amide bonds. The molecular weight excluding hydrogens is 296 g/mol. The van der Waals surface area contributed by atoms with Crippen molar-refractivity contribution in [3.63, 3.8) is 0 Å². The average molecular weight is 311 g/mol. The van der Waals surface area contributed by atoms with Gasteiger partial charge in [0.2, 0.25) is 0 Å². The Labute approximate surface area is 114 Å². The minimum Gasteiger partial charge on any atom is -0.362 e. The number of anilines is 1. The molecule has 2 rings (SSSR count). The van der Waals surface area contributed by atoms with Crippen LogP contribution in [-0.2, 0) is 0 Å². The Morgan fingerprint density at radius 1 is 1.47 bits per heavy atom. The van der Waals surface area contributed by atoms with Crippen molar-refractivity contribution in [1.82, 2.24) is 4.98 Å². The highest BCUT2D eigenvalue weighted by atomic mass is 79.9. The number of nitrogens with zero attached hydrogens (tertiary/aromatic N) is 1. The van der Waals surface area contributed by atoms with Crippen LogP contribution in [0.4, 0.5) is 5.82 Å². The molecule has 2 aromatic heterocycles. The van der Waals surface area contributed by atoms with Gasteiger partial charge < -0.3 is 5.32 Å². The first-order valence-corrected chi connectivity index (χ1v) is 7.30. The fourth-order valence-electron chi connectivity index (χ4n) is 1.67. The zero-order chi connectivity index (χ0) is 12.3. The van der Waals surface area contributed by atoms with Crippen LogP contribution in [0.25, 0.3) is 0 Å². The van der Waals surface area contributed by atoms with Crippen LogP contribution in [0.5, 0.6) is 0 Å². The number of nitrogens with one attached hydrogen (secondary N) is 1. The normalized spacial score (nSPS) is 12.4. The molecule has 4 heteroatoms. The lowest BCUT2D eigenvalue weighted by molar-refractivity contribution is 0.757. The van der Waals surface area contributed by atoms with E-state index in [2.05, 4.69) is 57.6 Å². The number of aromatic nitrogens is 1. The number of aryl methyl sites for hydroxylation is 1. The van der Waals surface area contributed by atoms with Crippen molar-refractivity contribution in [2.24, 2.45) is 0 Å². The molecule has 90 valence electrons. The second-order valence-corrected chi connectivity index (χ2v) is 5.68. The Morgan fingerprint density at radius 3 is 2.94 bits per heavy atom. The molecule has 1 N–H and O–H groups in total. The highest BCUT2D eigenvalue weighted by Gasteiger charge is 2.13. The smallest absolute Gasteiger partial charge is 0.141 e. The van der Waals surface area contributed by atoms with Crippen LogP contribution in [-0.4, -0.2) is 4.98 Å². The van der Waals surface area contributed by atoms with Crippen LogP contribution < -0.4 is 5.32 Å². The van der Waals surface area contributed by atoms with Crippen molar-refractivity contribution in [3.05, 3.63) is 44.7 Å². The zero-order valence-corrected chi connectivity index (χ0v) is 12.3. The quantitative estimate of drug-likeness (QED) is 0.879. The van der Waals surface area contributed by atoms with Gasteiger partial charge in [0.15, 0.2) is 0 Å². The number of thiophene rings is 1. The first kappa shape index (κ1) is 12.6. The molecule has 0 radical (unpaired) electrons. The van der Waals surface area contributed by atoms with E-state index in [0.29, 0.717) is 6.04 Å². The maximum absolute atomic E-state index is 4.38. The van der Waals surface area contributed by atoms with Gasteiger partial charge in [-0.3, -0.25) is 0 Å². The summed E-state index contributed by atoms with van der Waals surface area (Å²) < 4.78 is 1.05. The molecular formula is C13H15BrN2S. The van der Waals surface area contributed by atoms with Crippen molar-refractivity contribution >= 4 is 33.1 Å². The van der Waals surface area contributed by atoms with E-state index in [0.717, 1.165) is 16.7 Å². The third-order valence-corrected chi connectivity index (χ3v) is 4.68. The summed E-state index contributed by atoms with van der Waals surface area (Å²) in [7, 11) is 0. The van der Waals surface area contributed by atoms with Crippen molar-refractivity contribution in [1.29, 1.82) is 0 Å². The highest BCUT2D eigenvalue weighted by molar-refractivity contribution is 9.10. The summed E-state index contributed by atoms with van der Waals surface area (Å²) in [6.07, 6.45) is 2.88. The zero-order valence-electron chi connectivity index (χ0n) is 9.90. The Kier molecular flexibility index (Phi) is 4.18. The van der Waals surface area contributed by atoms with Crippen LogP contribution in [0, 0.1) is 6.92 Å². The fourth-order valence-corrected chi connectivity index (χ4v) is 2.88. The van der Waals surface area contributed by atoms with Gasteiger partial charge >= 0.3 is 0 Å². The van der Waals surface area contributed by atoms with E-state index >= 15 is 0 Å². The molecule has 0 fully saturated rings. The molecule has 0 aliphatic carbocycles. The predicted molar refractivity (Wildman–Crippen MR) is 77.6 cm³/mol. The number of halogens is 1. The van der Waals surface area contributed by atoms with E-state index in [9.17, 15) is 0 Å². The molecule has 0 aliphatic rings. The molecule has 17 heavy (non-hydrogen) atoms. The van der Waals surface area contributed by atoms with Crippen LogP contribution in [0.1, 0.15) is 29.8 Å². The molecule has 2 nitrogen and oxygen atoms in total. The highest BCUT2D eigenvalue weighted by Crippen LogP contribution is 2.30. The topological polar surface area (TPSA) is 24.9 Å².